The third-order valence-electron chi connectivity index (χ3n) is 4.13. The summed E-state index contributed by atoms with van der Waals surface area (Å²) in [5.41, 5.74) is 8.20. The minimum atomic E-state index is -0.338. The first-order valence-electron chi connectivity index (χ1n) is 8.34. The molecule has 0 radical (unpaired) electrons. The molecule has 0 bridgehead atoms. The van der Waals surface area contributed by atoms with Gasteiger partial charge in [-0.15, -0.1) is 0 Å². The van der Waals surface area contributed by atoms with Gasteiger partial charge in [-0.3, -0.25) is 5.43 Å². The molecule has 7 heteroatoms. The molecule has 0 saturated carbocycles. The Balaban J connectivity index is 2.38. The molecule has 0 aliphatic heterocycles. The van der Waals surface area contributed by atoms with E-state index in [0.717, 1.165) is 34.7 Å². The zero-order chi connectivity index (χ0) is 19.3. The van der Waals surface area contributed by atoms with Crippen molar-refractivity contribution in [2.75, 3.05) is 13.7 Å². The minimum absolute atomic E-state index is 0.338. The summed E-state index contributed by atoms with van der Waals surface area (Å²) in [6.07, 6.45) is 1.74. The highest BCUT2D eigenvalue weighted by Crippen LogP contribution is 2.25. The number of benzene rings is 1. The van der Waals surface area contributed by atoms with Crippen LogP contribution in [0.2, 0.25) is 0 Å². The summed E-state index contributed by atoms with van der Waals surface area (Å²) in [5, 5.41) is 7.65. The smallest absolute Gasteiger partial charge is 0.338 e. The lowest BCUT2D eigenvalue weighted by atomic mass is 10.1. The second-order valence-electron chi connectivity index (χ2n) is 5.83. The number of carbonyl (C=O) groups is 1. The molecule has 0 aliphatic carbocycles. The van der Waals surface area contributed by atoms with Crippen LogP contribution in [0.4, 0.5) is 0 Å². The molecule has 0 amide bonds. The molecule has 2 N–H and O–H groups in total. The first-order chi connectivity index (χ1) is 12.4. The highest BCUT2D eigenvalue weighted by molar-refractivity contribution is 7.80. The molecule has 0 saturated heterocycles. The number of methoxy groups -OCH3 is 1. The van der Waals surface area contributed by atoms with Crippen LogP contribution in [0, 0.1) is 20.8 Å². The molecule has 1 aromatic heterocycles. The zero-order valence-electron chi connectivity index (χ0n) is 15.7. The Morgan fingerprint density at radius 1 is 1.35 bits per heavy atom. The number of thiocarbonyl (C=S) groups is 1. The van der Waals surface area contributed by atoms with E-state index in [9.17, 15) is 4.79 Å². The summed E-state index contributed by atoms with van der Waals surface area (Å²) >= 11 is 5.09. The van der Waals surface area contributed by atoms with Gasteiger partial charge in [0.15, 0.2) is 5.11 Å². The zero-order valence-corrected chi connectivity index (χ0v) is 16.5. The van der Waals surface area contributed by atoms with Crippen LogP contribution in [0.1, 0.15) is 39.8 Å². The topological polar surface area (TPSA) is 67.7 Å². The third kappa shape index (κ3) is 4.11. The molecule has 0 fully saturated rings. The van der Waals surface area contributed by atoms with Gasteiger partial charge in [0, 0.05) is 29.2 Å². The molecule has 138 valence electrons. The van der Waals surface area contributed by atoms with Crippen molar-refractivity contribution in [2.24, 2.45) is 5.10 Å². The summed E-state index contributed by atoms with van der Waals surface area (Å²) < 4.78 is 6.98. The van der Waals surface area contributed by atoms with E-state index in [1.54, 1.807) is 12.3 Å². The number of esters is 1. The SMILES string of the molecule is CCNC(=S)N/N=C\c1cc(C)n(-c2cccc(C(=O)OC)c2C)c1C. The Bertz CT molecular complexity index is 855. The average Bonchev–Trinajstić information content (AvgIpc) is 2.89. The van der Waals surface area contributed by atoms with Crippen molar-refractivity contribution in [1.29, 1.82) is 0 Å². The molecule has 0 spiro atoms. The summed E-state index contributed by atoms with van der Waals surface area (Å²) in [4.78, 5) is 12.0. The number of carbonyl (C=O) groups excluding carboxylic acids is 1. The predicted octanol–water partition coefficient (Wildman–Crippen LogP) is 3.01. The highest BCUT2D eigenvalue weighted by atomic mass is 32.1. The van der Waals surface area contributed by atoms with E-state index in [-0.39, 0.29) is 5.97 Å². The first-order valence-corrected chi connectivity index (χ1v) is 8.75. The van der Waals surface area contributed by atoms with E-state index >= 15 is 0 Å². The molecule has 2 rings (SSSR count). The van der Waals surface area contributed by atoms with Gasteiger partial charge in [0.05, 0.1) is 18.9 Å². The number of hydrogen-bond donors (Lipinski definition) is 2. The monoisotopic (exact) mass is 372 g/mol. The van der Waals surface area contributed by atoms with Crippen LogP contribution in [0.15, 0.2) is 29.4 Å². The van der Waals surface area contributed by atoms with Gasteiger partial charge in [-0.05, 0) is 63.7 Å². The largest absolute Gasteiger partial charge is 0.465 e. The maximum atomic E-state index is 12.0. The van der Waals surface area contributed by atoms with Gasteiger partial charge in [-0.25, -0.2) is 4.79 Å². The number of hydrazone groups is 1. The van der Waals surface area contributed by atoms with Crippen molar-refractivity contribution in [3.8, 4) is 5.69 Å². The second-order valence-corrected chi connectivity index (χ2v) is 6.24. The second kappa shape index (κ2) is 8.62. The van der Waals surface area contributed by atoms with Crippen molar-refractivity contribution in [1.82, 2.24) is 15.3 Å². The molecule has 1 aromatic carbocycles. The number of aryl methyl sites for hydroxylation is 1. The van der Waals surface area contributed by atoms with Crippen molar-refractivity contribution in [3.05, 3.63) is 52.3 Å². The van der Waals surface area contributed by atoms with Crippen LogP contribution in [0.3, 0.4) is 0 Å². The quantitative estimate of drug-likeness (QED) is 0.365. The Morgan fingerprint density at radius 3 is 2.73 bits per heavy atom. The van der Waals surface area contributed by atoms with Crippen LogP contribution < -0.4 is 10.7 Å². The van der Waals surface area contributed by atoms with Crippen LogP contribution >= 0.6 is 12.2 Å². The minimum Gasteiger partial charge on any atom is -0.465 e. The van der Waals surface area contributed by atoms with Gasteiger partial charge < -0.3 is 14.6 Å². The maximum Gasteiger partial charge on any atom is 0.338 e. The summed E-state index contributed by atoms with van der Waals surface area (Å²) in [6.45, 7) is 8.67. The fraction of sp³-hybridized carbons (Fsp3) is 0.316. The van der Waals surface area contributed by atoms with Crippen molar-refractivity contribution < 1.29 is 9.53 Å². The molecular formula is C19H24N4O2S. The number of hydrogen-bond acceptors (Lipinski definition) is 4. The van der Waals surface area contributed by atoms with E-state index in [2.05, 4.69) is 20.4 Å². The van der Waals surface area contributed by atoms with Gasteiger partial charge in [0.25, 0.3) is 0 Å². The van der Waals surface area contributed by atoms with Crippen molar-refractivity contribution in [2.45, 2.75) is 27.7 Å². The first kappa shape index (κ1) is 19.7. The summed E-state index contributed by atoms with van der Waals surface area (Å²) in [7, 11) is 1.39. The van der Waals surface area contributed by atoms with Crippen LogP contribution in [-0.4, -0.2) is 35.5 Å². The molecule has 1 heterocycles. The van der Waals surface area contributed by atoms with Crippen molar-refractivity contribution in [3.63, 3.8) is 0 Å². The normalized spacial score (nSPS) is 10.8. The fourth-order valence-corrected chi connectivity index (χ4v) is 3.04. The van der Waals surface area contributed by atoms with Gasteiger partial charge in [-0.2, -0.15) is 5.10 Å². The van der Waals surface area contributed by atoms with E-state index in [4.69, 9.17) is 17.0 Å². The van der Waals surface area contributed by atoms with Crippen LogP contribution in [0.25, 0.3) is 5.69 Å². The number of nitrogens with zero attached hydrogens (tertiary/aromatic N) is 2. The van der Waals surface area contributed by atoms with E-state index in [1.807, 2.05) is 45.9 Å². The van der Waals surface area contributed by atoms with Gasteiger partial charge >= 0.3 is 5.97 Å². The Hall–Kier alpha value is -2.67. The van der Waals surface area contributed by atoms with E-state index in [1.165, 1.54) is 7.11 Å². The molecule has 0 aliphatic rings. The number of aromatic nitrogens is 1. The maximum absolute atomic E-state index is 12.0. The van der Waals surface area contributed by atoms with Gasteiger partial charge in [-0.1, -0.05) is 6.07 Å². The number of ether oxygens (including phenoxy) is 1. The van der Waals surface area contributed by atoms with Crippen molar-refractivity contribution >= 4 is 29.5 Å². The molecular weight excluding hydrogens is 348 g/mol. The molecule has 0 unspecified atom stereocenters. The lowest BCUT2D eigenvalue weighted by molar-refractivity contribution is 0.0600. The number of nitrogens with one attached hydrogen (secondary N) is 2. The molecule has 2 aromatic rings. The Labute approximate surface area is 159 Å². The molecule has 6 nitrogen and oxygen atoms in total. The average molecular weight is 372 g/mol. The van der Waals surface area contributed by atoms with E-state index in [0.29, 0.717) is 10.7 Å². The molecule has 26 heavy (non-hydrogen) atoms. The predicted molar refractivity (Wildman–Crippen MR) is 108 cm³/mol. The summed E-state index contributed by atoms with van der Waals surface area (Å²) in [6, 6.07) is 7.66. The molecule has 0 atom stereocenters. The Kier molecular flexibility index (Phi) is 6.52. The Morgan fingerprint density at radius 2 is 2.08 bits per heavy atom. The van der Waals surface area contributed by atoms with Gasteiger partial charge in [0.2, 0.25) is 0 Å². The van der Waals surface area contributed by atoms with E-state index < -0.39 is 0 Å². The third-order valence-corrected chi connectivity index (χ3v) is 4.36. The standard InChI is InChI=1S/C19H24N4O2S/c1-6-20-19(26)22-21-11-15-10-12(2)23(14(15)4)17-9-7-8-16(13(17)3)18(24)25-5/h7-11H,6H2,1-5H3,(H2,20,22,26)/b21-11-. The highest BCUT2D eigenvalue weighted by Gasteiger charge is 2.16. The van der Waals surface area contributed by atoms with Crippen LogP contribution in [0.5, 0.6) is 0 Å². The summed E-state index contributed by atoms with van der Waals surface area (Å²) in [5.74, 6) is -0.338. The fourth-order valence-electron chi connectivity index (χ4n) is 2.85. The lowest BCUT2D eigenvalue weighted by Crippen LogP contribution is -2.31. The van der Waals surface area contributed by atoms with Crippen LogP contribution in [-0.2, 0) is 4.74 Å². The van der Waals surface area contributed by atoms with Gasteiger partial charge in [0.1, 0.15) is 0 Å². The number of rotatable bonds is 5. The lowest BCUT2D eigenvalue weighted by Gasteiger charge is -2.15.